The molecule has 1 nitrogen and oxygen atoms in total. The lowest BCUT2D eigenvalue weighted by Gasteiger charge is -1.96. The summed E-state index contributed by atoms with van der Waals surface area (Å²) >= 11 is 5.58. The zero-order valence-corrected chi connectivity index (χ0v) is 6.63. The van der Waals surface area contributed by atoms with Gasteiger partial charge in [-0.25, -0.2) is 0 Å². The van der Waals surface area contributed by atoms with E-state index in [2.05, 4.69) is 11.9 Å². The Labute approximate surface area is 61.4 Å². The quantitative estimate of drug-likeness (QED) is 0.599. The largest absolute Gasteiger partial charge is 0.316 e. The molecule has 0 fully saturated rings. The molecule has 0 aromatic rings. The number of halogens is 1. The third-order valence-corrected chi connectivity index (χ3v) is 0.916. The van der Waals surface area contributed by atoms with E-state index in [1.807, 2.05) is 20.0 Å². The number of hydrogen-bond acceptors (Lipinski definition) is 1. The van der Waals surface area contributed by atoms with Gasteiger partial charge in [-0.15, -0.1) is 0 Å². The van der Waals surface area contributed by atoms with Crippen molar-refractivity contribution >= 4 is 11.6 Å². The molecule has 0 rings (SSSR count). The van der Waals surface area contributed by atoms with Crippen molar-refractivity contribution in [1.29, 1.82) is 0 Å². The highest BCUT2D eigenvalue weighted by atomic mass is 35.5. The molecule has 0 radical (unpaired) electrons. The molecule has 0 aromatic heterocycles. The van der Waals surface area contributed by atoms with Gasteiger partial charge in [-0.1, -0.05) is 18.2 Å². The maximum Gasteiger partial charge on any atom is 0.0197 e. The van der Waals surface area contributed by atoms with Crippen molar-refractivity contribution in [2.45, 2.75) is 6.92 Å². The van der Waals surface area contributed by atoms with Gasteiger partial charge in [-0.2, -0.15) is 0 Å². The van der Waals surface area contributed by atoms with Gasteiger partial charge in [0.05, 0.1) is 0 Å². The third kappa shape index (κ3) is 5.60. The van der Waals surface area contributed by atoms with Crippen molar-refractivity contribution < 1.29 is 0 Å². The summed E-state index contributed by atoms with van der Waals surface area (Å²) in [5, 5.41) is 3.74. The minimum Gasteiger partial charge on any atom is -0.316 e. The van der Waals surface area contributed by atoms with Crippen molar-refractivity contribution in [3.63, 3.8) is 0 Å². The lowest BCUT2D eigenvalue weighted by Crippen LogP contribution is -2.08. The van der Waals surface area contributed by atoms with E-state index in [4.69, 9.17) is 11.6 Å². The summed E-state index contributed by atoms with van der Waals surface area (Å²) in [7, 11) is 1.88. The Morgan fingerprint density at radius 3 is 2.67 bits per heavy atom. The highest BCUT2D eigenvalue weighted by Crippen LogP contribution is 2.02. The normalized spacial score (nSPS) is 11.7. The molecule has 0 heterocycles. The fourth-order valence-electron chi connectivity index (χ4n) is 0.559. The van der Waals surface area contributed by atoms with Crippen molar-refractivity contribution in [3.8, 4) is 0 Å². The average molecular weight is 146 g/mol. The highest BCUT2D eigenvalue weighted by Gasteiger charge is 1.85. The van der Waals surface area contributed by atoms with Crippen LogP contribution in [0, 0.1) is 0 Å². The monoisotopic (exact) mass is 145 g/mol. The van der Waals surface area contributed by atoms with E-state index in [0.717, 1.165) is 17.2 Å². The molecule has 0 aliphatic rings. The Hall–Kier alpha value is -0.270. The molecule has 0 aliphatic carbocycles. The van der Waals surface area contributed by atoms with E-state index in [1.54, 1.807) is 0 Å². The first-order valence-electron chi connectivity index (χ1n) is 2.83. The summed E-state index contributed by atoms with van der Waals surface area (Å²) in [4.78, 5) is 0. The first-order chi connectivity index (χ1) is 4.16. The second-order valence-electron chi connectivity index (χ2n) is 1.92. The molecular formula is C7H12ClN. The van der Waals surface area contributed by atoms with Crippen LogP contribution < -0.4 is 5.32 Å². The molecule has 0 atom stereocenters. The van der Waals surface area contributed by atoms with Gasteiger partial charge >= 0.3 is 0 Å². The lowest BCUT2D eigenvalue weighted by molar-refractivity contribution is 0.897. The summed E-state index contributed by atoms with van der Waals surface area (Å²) in [6, 6.07) is 0. The number of allylic oxidation sites excluding steroid dienone is 1. The fraction of sp³-hybridized carbons (Fsp3) is 0.429. The molecule has 0 aliphatic heterocycles. The summed E-state index contributed by atoms with van der Waals surface area (Å²) in [5.74, 6) is 0. The van der Waals surface area contributed by atoms with Crippen molar-refractivity contribution in [2.24, 2.45) is 0 Å². The zero-order chi connectivity index (χ0) is 7.28. The molecule has 0 amide bonds. The number of likely N-dealkylation sites (N-methyl/N-ethyl adjacent to an activating group) is 1. The average Bonchev–Trinajstić information content (AvgIpc) is 1.63. The zero-order valence-electron chi connectivity index (χ0n) is 5.87. The Bertz CT molecular complexity index is 123. The van der Waals surface area contributed by atoms with Crippen LogP contribution in [0.3, 0.4) is 0 Å². The smallest absolute Gasteiger partial charge is 0.0197 e. The van der Waals surface area contributed by atoms with E-state index >= 15 is 0 Å². The maximum atomic E-state index is 5.58. The SMILES string of the molecule is C=C(/C=C(\C)Cl)CNC. The molecule has 0 unspecified atom stereocenters. The van der Waals surface area contributed by atoms with Gasteiger partial charge in [0.25, 0.3) is 0 Å². The highest BCUT2D eigenvalue weighted by molar-refractivity contribution is 6.29. The van der Waals surface area contributed by atoms with Crippen LogP contribution in [0.4, 0.5) is 0 Å². The van der Waals surface area contributed by atoms with Gasteiger partial charge in [-0.05, 0) is 25.6 Å². The summed E-state index contributed by atoms with van der Waals surface area (Å²) in [5.41, 5.74) is 1.00. The molecule has 0 bridgehead atoms. The number of rotatable bonds is 3. The van der Waals surface area contributed by atoms with E-state index in [-0.39, 0.29) is 0 Å². The molecule has 9 heavy (non-hydrogen) atoms. The standard InChI is InChI=1S/C7H12ClN/c1-6(5-9-3)4-7(2)8/h4,9H,1,5H2,2-3H3/b7-4+. The van der Waals surface area contributed by atoms with Crippen LogP contribution in [-0.2, 0) is 0 Å². The second kappa shape index (κ2) is 4.59. The lowest BCUT2D eigenvalue weighted by atomic mass is 10.3. The molecule has 0 saturated carbocycles. The summed E-state index contributed by atoms with van der Waals surface area (Å²) in [6.45, 7) is 6.39. The Morgan fingerprint density at radius 2 is 2.33 bits per heavy atom. The Kier molecular flexibility index (Phi) is 4.46. The van der Waals surface area contributed by atoms with E-state index in [9.17, 15) is 0 Å². The number of nitrogens with one attached hydrogen (secondary N) is 1. The van der Waals surface area contributed by atoms with Crippen LogP contribution in [0.1, 0.15) is 6.92 Å². The van der Waals surface area contributed by atoms with Gasteiger partial charge in [0.1, 0.15) is 0 Å². The third-order valence-electron chi connectivity index (χ3n) is 0.807. The minimum absolute atomic E-state index is 0.773. The first kappa shape index (κ1) is 8.73. The summed E-state index contributed by atoms with van der Waals surface area (Å²) < 4.78 is 0. The van der Waals surface area contributed by atoms with Crippen LogP contribution in [0.5, 0.6) is 0 Å². The van der Waals surface area contributed by atoms with E-state index < -0.39 is 0 Å². The van der Waals surface area contributed by atoms with Gasteiger partial charge in [0.2, 0.25) is 0 Å². The predicted molar refractivity (Wildman–Crippen MR) is 42.7 cm³/mol. The van der Waals surface area contributed by atoms with Gasteiger partial charge < -0.3 is 5.32 Å². The fourth-order valence-corrected chi connectivity index (χ4v) is 0.714. The van der Waals surface area contributed by atoms with Crippen molar-refractivity contribution in [1.82, 2.24) is 5.32 Å². The first-order valence-corrected chi connectivity index (χ1v) is 3.20. The Morgan fingerprint density at radius 1 is 1.78 bits per heavy atom. The molecule has 0 saturated heterocycles. The molecule has 0 aromatic carbocycles. The van der Waals surface area contributed by atoms with Crippen LogP contribution >= 0.6 is 11.6 Å². The minimum atomic E-state index is 0.773. The molecule has 0 spiro atoms. The van der Waals surface area contributed by atoms with Crippen molar-refractivity contribution in [3.05, 3.63) is 23.3 Å². The van der Waals surface area contributed by atoms with E-state index in [0.29, 0.717) is 0 Å². The van der Waals surface area contributed by atoms with Gasteiger partial charge in [-0.3, -0.25) is 0 Å². The Balaban J connectivity index is 3.63. The van der Waals surface area contributed by atoms with Crippen LogP contribution in [-0.4, -0.2) is 13.6 Å². The summed E-state index contributed by atoms with van der Waals surface area (Å²) in [6.07, 6.45) is 1.85. The second-order valence-corrected chi connectivity index (χ2v) is 2.52. The van der Waals surface area contributed by atoms with Crippen LogP contribution in [0.2, 0.25) is 0 Å². The molecular weight excluding hydrogens is 134 g/mol. The van der Waals surface area contributed by atoms with Gasteiger partial charge in [0, 0.05) is 11.6 Å². The molecule has 2 heteroatoms. The maximum absolute atomic E-state index is 5.58. The van der Waals surface area contributed by atoms with Gasteiger partial charge in [0.15, 0.2) is 0 Å². The van der Waals surface area contributed by atoms with Crippen LogP contribution in [0.25, 0.3) is 0 Å². The topological polar surface area (TPSA) is 12.0 Å². The molecule has 52 valence electrons. The predicted octanol–water partition coefficient (Wildman–Crippen LogP) is 1.90. The van der Waals surface area contributed by atoms with Crippen LogP contribution in [0.15, 0.2) is 23.3 Å². The van der Waals surface area contributed by atoms with Crippen molar-refractivity contribution in [2.75, 3.05) is 13.6 Å². The van der Waals surface area contributed by atoms with E-state index in [1.165, 1.54) is 0 Å². The number of hydrogen-bond donors (Lipinski definition) is 1. The molecule has 1 N–H and O–H groups in total.